The first-order chi connectivity index (χ1) is 16.2. The smallest absolute Gasteiger partial charge is 0.144 e. The van der Waals surface area contributed by atoms with Gasteiger partial charge in [-0.3, -0.25) is 0 Å². The molecule has 4 nitrogen and oxygen atoms in total. The summed E-state index contributed by atoms with van der Waals surface area (Å²) in [5, 5.41) is 28.8. The van der Waals surface area contributed by atoms with Crippen LogP contribution in [0.15, 0.2) is 84.9 Å². The van der Waals surface area contributed by atoms with E-state index in [1.54, 1.807) is 13.8 Å². The zero-order valence-corrected chi connectivity index (χ0v) is 19.7. The summed E-state index contributed by atoms with van der Waals surface area (Å²) in [6, 6.07) is 27.9. The number of aliphatic hydroxyl groups is 1. The van der Waals surface area contributed by atoms with Gasteiger partial charge in [0.2, 0.25) is 0 Å². The molecule has 4 aromatic rings. The van der Waals surface area contributed by atoms with E-state index in [0.717, 1.165) is 32.7 Å². The Morgan fingerprint density at radius 1 is 0.853 bits per heavy atom. The zero-order valence-electron chi connectivity index (χ0n) is 19.7. The fourth-order valence-corrected chi connectivity index (χ4v) is 5.92. The van der Waals surface area contributed by atoms with Crippen molar-refractivity contribution in [3.05, 3.63) is 96.1 Å². The van der Waals surface area contributed by atoms with Gasteiger partial charge in [-0.2, -0.15) is 0 Å². The summed E-state index contributed by atoms with van der Waals surface area (Å²) in [6.45, 7) is 5.46. The number of hydrogen-bond donors (Lipinski definition) is 1. The molecule has 1 N–H and O–H groups in total. The first-order valence-corrected chi connectivity index (χ1v) is 11.8. The lowest BCUT2D eigenvalue weighted by molar-refractivity contribution is -0.330. The van der Waals surface area contributed by atoms with Gasteiger partial charge in [-0.25, -0.2) is 0 Å². The Balaban J connectivity index is 1.83. The summed E-state index contributed by atoms with van der Waals surface area (Å²) in [5.41, 5.74) is -2.19. The third-order valence-corrected chi connectivity index (χ3v) is 7.65. The van der Waals surface area contributed by atoms with Gasteiger partial charge < -0.3 is 19.7 Å². The maximum Gasteiger partial charge on any atom is 0.144 e. The van der Waals surface area contributed by atoms with E-state index in [-0.39, 0.29) is 0 Å². The Bertz CT molecular complexity index is 1300. The number of aliphatic carboxylic acids is 1. The molecule has 0 bridgehead atoms. The second-order valence-corrected chi connectivity index (χ2v) is 10.1. The lowest BCUT2D eigenvalue weighted by atomic mass is 9.66. The van der Waals surface area contributed by atoms with Crippen molar-refractivity contribution < 1.29 is 19.7 Å². The van der Waals surface area contributed by atoms with Gasteiger partial charge >= 0.3 is 0 Å². The van der Waals surface area contributed by atoms with Crippen LogP contribution in [0.5, 0.6) is 0 Å². The molecule has 0 aliphatic carbocycles. The SMILES string of the molecule is CC1(C)O[C@@](C)(C(O)(c2cccc3ccccc23)c2cccc3ccccc23)CC[C@H]1C(=O)[O-]. The van der Waals surface area contributed by atoms with Crippen molar-refractivity contribution in [2.24, 2.45) is 5.92 Å². The van der Waals surface area contributed by atoms with Crippen LogP contribution in [-0.2, 0) is 15.1 Å². The van der Waals surface area contributed by atoms with E-state index in [1.807, 2.05) is 91.9 Å². The highest BCUT2D eigenvalue weighted by atomic mass is 16.5. The fraction of sp³-hybridized carbons (Fsp3) is 0.300. The third kappa shape index (κ3) is 3.32. The Labute approximate surface area is 199 Å². The van der Waals surface area contributed by atoms with E-state index in [9.17, 15) is 15.0 Å². The largest absolute Gasteiger partial charge is 0.550 e. The van der Waals surface area contributed by atoms with Crippen LogP contribution in [0.2, 0.25) is 0 Å². The number of ether oxygens (including phenoxy) is 1. The maximum absolute atomic E-state index is 13.0. The summed E-state index contributed by atoms with van der Waals surface area (Å²) in [4.78, 5) is 11.9. The van der Waals surface area contributed by atoms with Gasteiger partial charge in [0.15, 0.2) is 0 Å². The molecule has 1 aliphatic rings. The molecule has 1 fully saturated rings. The lowest BCUT2D eigenvalue weighted by Gasteiger charge is -2.55. The highest BCUT2D eigenvalue weighted by Crippen LogP contribution is 2.53. The Hall–Kier alpha value is -3.21. The number of benzene rings is 4. The van der Waals surface area contributed by atoms with E-state index in [1.165, 1.54) is 0 Å². The topological polar surface area (TPSA) is 69.6 Å². The minimum absolute atomic E-state index is 0.351. The maximum atomic E-state index is 13.0. The molecule has 1 aliphatic heterocycles. The molecule has 4 heteroatoms. The number of fused-ring (bicyclic) bond motifs is 2. The molecule has 4 aromatic carbocycles. The van der Waals surface area contributed by atoms with Gasteiger partial charge in [0.25, 0.3) is 0 Å². The second kappa shape index (κ2) is 7.93. The van der Waals surface area contributed by atoms with Gasteiger partial charge in [0, 0.05) is 11.9 Å². The molecule has 5 rings (SSSR count). The average Bonchev–Trinajstić information content (AvgIpc) is 2.82. The predicted octanol–water partition coefficient (Wildman–Crippen LogP) is 4.94. The molecule has 174 valence electrons. The second-order valence-electron chi connectivity index (χ2n) is 10.1. The molecule has 0 aromatic heterocycles. The van der Waals surface area contributed by atoms with Crippen molar-refractivity contribution in [3.8, 4) is 0 Å². The van der Waals surface area contributed by atoms with Crippen molar-refractivity contribution >= 4 is 27.5 Å². The fourth-order valence-electron chi connectivity index (χ4n) is 5.92. The molecule has 1 saturated heterocycles. The molecular formula is C30H29O4-. The number of carboxylic acids is 1. The number of rotatable bonds is 4. The minimum atomic E-state index is -1.55. The molecule has 34 heavy (non-hydrogen) atoms. The highest BCUT2D eigenvalue weighted by Gasteiger charge is 2.57. The number of carbonyl (C=O) groups excluding carboxylic acids is 1. The third-order valence-electron chi connectivity index (χ3n) is 7.65. The Kier molecular flexibility index (Phi) is 5.27. The van der Waals surface area contributed by atoms with Crippen LogP contribution in [0.3, 0.4) is 0 Å². The van der Waals surface area contributed by atoms with E-state index < -0.39 is 28.7 Å². The lowest BCUT2D eigenvalue weighted by Crippen LogP contribution is -2.62. The summed E-state index contributed by atoms with van der Waals surface area (Å²) in [5.74, 6) is -1.88. The highest BCUT2D eigenvalue weighted by molar-refractivity contribution is 5.91. The van der Waals surface area contributed by atoms with Gasteiger partial charge in [0.05, 0.1) is 5.60 Å². The monoisotopic (exact) mass is 453 g/mol. The van der Waals surface area contributed by atoms with Gasteiger partial charge in [-0.05, 0) is 66.3 Å². The first-order valence-electron chi connectivity index (χ1n) is 11.8. The molecule has 0 saturated carbocycles. The van der Waals surface area contributed by atoms with Crippen molar-refractivity contribution in [1.82, 2.24) is 0 Å². The molecule has 0 spiro atoms. The molecule has 1 heterocycles. The van der Waals surface area contributed by atoms with E-state index in [4.69, 9.17) is 4.74 Å². The van der Waals surface area contributed by atoms with Crippen LogP contribution < -0.4 is 5.11 Å². The molecule has 0 unspecified atom stereocenters. The van der Waals surface area contributed by atoms with E-state index in [2.05, 4.69) is 0 Å². The first kappa shape index (κ1) is 22.6. The molecule has 0 amide bonds. The van der Waals surface area contributed by atoms with E-state index >= 15 is 0 Å². The van der Waals surface area contributed by atoms with E-state index in [0.29, 0.717) is 12.8 Å². The molecule has 0 radical (unpaired) electrons. The molecule has 2 atom stereocenters. The summed E-state index contributed by atoms with van der Waals surface area (Å²) >= 11 is 0. The van der Waals surface area contributed by atoms with Crippen LogP contribution >= 0.6 is 0 Å². The number of hydrogen-bond acceptors (Lipinski definition) is 4. The number of carboxylic acid groups (broad SMARTS) is 1. The van der Waals surface area contributed by atoms with Crippen LogP contribution in [0.1, 0.15) is 44.7 Å². The zero-order chi connectivity index (χ0) is 24.1. The average molecular weight is 454 g/mol. The van der Waals surface area contributed by atoms with Crippen LogP contribution in [0.4, 0.5) is 0 Å². The van der Waals surface area contributed by atoms with Crippen molar-refractivity contribution in [1.29, 1.82) is 0 Å². The Morgan fingerprint density at radius 3 is 1.79 bits per heavy atom. The predicted molar refractivity (Wildman–Crippen MR) is 132 cm³/mol. The quantitative estimate of drug-likeness (QED) is 0.475. The summed E-state index contributed by atoms with van der Waals surface area (Å²) in [7, 11) is 0. The Morgan fingerprint density at radius 2 is 1.32 bits per heavy atom. The molecular weight excluding hydrogens is 424 g/mol. The van der Waals surface area contributed by atoms with Crippen LogP contribution in [0.25, 0.3) is 21.5 Å². The van der Waals surface area contributed by atoms with Gasteiger partial charge in [-0.15, -0.1) is 0 Å². The van der Waals surface area contributed by atoms with Crippen LogP contribution in [-0.4, -0.2) is 22.3 Å². The summed E-state index contributed by atoms with van der Waals surface area (Å²) < 4.78 is 6.64. The van der Waals surface area contributed by atoms with Gasteiger partial charge in [0.1, 0.15) is 11.2 Å². The van der Waals surface area contributed by atoms with Crippen molar-refractivity contribution in [3.63, 3.8) is 0 Å². The normalized spacial score (nSPS) is 22.6. The summed E-state index contributed by atoms with van der Waals surface area (Å²) in [6.07, 6.45) is 0.710. The standard InChI is InChI=1S/C30H30O4/c1-28(2)26(27(31)32)18-19-29(3,34-28)30(33,24-16-8-12-20-10-4-6-14-22(20)24)25-17-9-13-21-11-5-7-15-23(21)25/h4-17,26,33H,18-19H2,1-3H3,(H,31,32)/p-1/t26-,29+/m0/s1. The van der Waals surface area contributed by atoms with Gasteiger partial charge in [-0.1, -0.05) is 84.9 Å². The minimum Gasteiger partial charge on any atom is -0.550 e. The van der Waals surface area contributed by atoms with Crippen molar-refractivity contribution in [2.75, 3.05) is 0 Å². The van der Waals surface area contributed by atoms with Crippen LogP contribution in [0, 0.1) is 5.92 Å². The van der Waals surface area contributed by atoms with Crippen molar-refractivity contribution in [2.45, 2.75) is 50.4 Å². The number of carbonyl (C=O) groups is 1.